The van der Waals surface area contributed by atoms with E-state index in [9.17, 15) is 0 Å². The van der Waals surface area contributed by atoms with Crippen LogP contribution < -0.4 is 11.1 Å². The van der Waals surface area contributed by atoms with E-state index in [2.05, 4.69) is 53.4 Å². The fourth-order valence-corrected chi connectivity index (χ4v) is 2.01. The second kappa shape index (κ2) is 7.04. The number of benzene rings is 1. The third-order valence-corrected chi connectivity index (χ3v) is 3.19. The van der Waals surface area contributed by atoms with Gasteiger partial charge in [-0.05, 0) is 17.0 Å². The van der Waals surface area contributed by atoms with E-state index in [0.29, 0.717) is 36.5 Å². The molecule has 3 N–H and O–H groups in total. The Morgan fingerprint density at radius 3 is 2.52 bits per heavy atom. The van der Waals surface area contributed by atoms with E-state index in [1.165, 1.54) is 11.1 Å². The van der Waals surface area contributed by atoms with E-state index >= 15 is 0 Å². The first-order valence-electron chi connectivity index (χ1n) is 7.03. The van der Waals surface area contributed by atoms with E-state index in [-0.39, 0.29) is 0 Å². The lowest BCUT2D eigenvalue weighted by Crippen LogP contribution is -2.07. The first-order valence-corrected chi connectivity index (χ1v) is 7.03. The molecule has 0 spiro atoms. The summed E-state index contributed by atoms with van der Waals surface area (Å²) >= 11 is 0. The van der Waals surface area contributed by atoms with Crippen molar-refractivity contribution in [1.29, 1.82) is 0 Å². The number of nitrogens with one attached hydrogen (secondary N) is 1. The first-order chi connectivity index (χ1) is 10.1. The van der Waals surface area contributed by atoms with Gasteiger partial charge in [0.2, 0.25) is 0 Å². The molecule has 0 aliphatic rings. The maximum Gasteiger partial charge on any atom is 0.158 e. The molecule has 1 heterocycles. The zero-order valence-electron chi connectivity index (χ0n) is 12.8. The molecule has 1 aromatic carbocycles. The van der Waals surface area contributed by atoms with Gasteiger partial charge in [0.25, 0.3) is 0 Å². The SMILES string of the molecule is COCc1nc(N)cc(NCc2ccc(C(C)C)cc2)n1. The highest BCUT2D eigenvalue weighted by atomic mass is 16.5. The zero-order valence-corrected chi connectivity index (χ0v) is 12.8. The van der Waals surface area contributed by atoms with Crippen LogP contribution in [0.25, 0.3) is 0 Å². The second-order valence-electron chi connectivity index (χ2n) is 5.28. The minimum absolute atomic E-state index is 0.350. The molecule has 0 radical (unpaired) electrons. The number of rotatable bonds is 6. The molecule has 5 heteroatoms. The Labute approximate surface area is 125 Å². The zero-order chi connectivity index (χ0) is 15.2. The van der Waals surface area contributed by atoms with Gasteiger partial charge >= 0.3 is 0 Å². The van der Waals surface area contributed by atoms with Crippen LogP contribution in [-0.4, -0.2) is 17.1 Å². The monoisotopic (exact) mass is 286 g/mol. The van der Waals surface area contributed by atoms with Gasteiger partial charge in [-0.2, -0.15) is 0 Å². The van der Waals surface area contributed by atoms with Crippen molar-refractivity contribution in [2.45, 2.75) is 32.9 Å². The molecule has 1 aromatic heterocycles. The van der Waals surface area contributed by atoms with Gasteiger partial charge in [0.15, 0.2) is 5.82 Å². The highest BCUT2D eigenvalue weighted by molar-refractivity contribution is 5.45. The number of aromatic nitrogens is 2. The van der Waals surface area contributed by atoms with Crippen molar-refractivity contribution in [1.82, 2.24) is 9.97 Å². The molecule has 0 fully saturated rings. The second-order valence-corrected chi connectivity index (χ2v) is 5.28. The lowest BCUT2D eigenvalue weighted by molar-refractivity contribution is 0.178. The lowest BCUT2D eigenvalue weighted by atomic mass is 10.0. The minimum Gasteiger partial charge on any atom is -0.384 e. The number of hydrogen-bond donors (Lipinski definition) is 2. The van der Waals surface area contributed by atoms with Crippen LogP contribution in [0.4, 0.5) is 11.6 Å². The molecule has 112 valence electrons. The molecule has 2 rings (SSSR count). The Kier molecular flexibility index (Phi) is 5.11. The molecule has 0 aliphatic carbocycles. The third kappa shape index (κ3) is 4.43. The largest absolute Gasteiger partial charge is 0.384 e. The number of anilines is 2. The summed E-state index contributed by atoms with van der Waals surface area (Å²) in [6.07, 6.45) is 0. The summed E-state index contributed by atoms with van der Waals surface area (Å²) in [6.45, 7) is 5.42. The van der Waals surface area contributed by atoms with Gasteiger partial charge in [0.1, 0.15) is 18.2 Å². The lowest BCUT2D eigenvalue weighted by Gasteiger charge is -2.10. The fraction of sp³-hybridized carbons (Fsp3) is 0.375. The molecule has 2 aromatic rings. The van der Waals surface area contributed by atoms with Crippen molar-refractivity contribution in [3.8, 4) is 0 Å². The molecule has 0 unspecified atom stereocenters. The van der Waals surface area contributed by atoms with Gasteiger partial charge in [0, 0.05) is 19.7 Å². The van der Waals surface area contributed by atoms with Gasteiger partial charge in [-0.3, -0.25) is 0 Å². The smallest absolute Gasteiger partial charge is 0.158 e. The summed E-state index contributed by atoms with van der Waals surface area (Å²) in [5.74, 6) is 2.28. The number of nitrogens with two attached hydrogens (primary N) is 1. The predicted octanol–water partition coefficient (Wildman–Crippen LogP) is 2.94. The third-order valence-electron chi connectivity index (χ3n) is 3.19. The van der Waals surface area contributed by atoms with E-state index in [0.717, 1.165) is 0 Å². The molecule has 0 aliphatic heterocycles. The van der Waals surface area contributed by atoms with E-state index in [4.69, 9.17) is 10.5 Å². The Morgan fingerprint density at radius 1 is 1.19 bits per heavy atom. The predicted molar refractivity (Wildman–Crippen MR) is 85.0 cm³/mol. The van der Waals surface area contributed by atoms with Crippen molar-refractivity contribution < 1.29 is 4.74 Å². The molecule has 21 heavy (non-hydrogen) atoms. The molecule has 0 saturated heterocycles. The summed E-state index contributed by atoms with van der Waals surface area (Å²) in [6, 6.07) is 10.3. The van der Waals surface area contributed by atoms with E-state index in [1.807, 2.05) is 0 Å². The average molecular weight is 286 g/mol. The number of hydrogen-bond acceptors (Lipinski definition) is 5. The van der Waals surface area contributed by atoms with Crippen molar-refractivity contribution in [3.63, 3.8) is 0 Å². The van der Waals surface area contributed by atoms with E-state index < -0.39 is 0 Å². The van der Waals surface area contributed by atoms with Crippen LogP contribution in [-0.2, 0) is 17.9 Å². The molecule has 0 saturated carbocycles. The molecular formula is C16H22N4O. The minimum atomic E-state index is 0.350. The Hall–Kier alpha value is -2.14. The Bertz CT molecular complexity index is 581. The summed E-state index contributed by atoms with van der Waals surface area (Å²) < 4.78 is 5.03. The van der Waals surface area contributed by atoms with Crippen molar-refractivity contribution in [3.05, 3.63) is 47.3 Å². The van der Waals surface area contributed by atoms with Crippen LogP contribution in [0.1, 0.15) is 36.7 Å². The maximum absolute atomic E-state index is 5.77. The normalized spacial score (nSPS) is 10.9. The van der Waals surface area contributed by atoms with Crippen LogP contribution in [0.3, 0.4) is 0 Å². The van der Waals surface area contributed by atoms with Crippen LogP contribution in [0.5, 0.6) is 0 Å². The van der Waals surface area contributed by atoms with Gasteiger partial charge in [-0.25, -0.2) is 9.97 Å². The summed E-state index contributed by atoms with van der Waals surface area (Å²) in [5.41, 5.74) is 8.30. The Morgan fingerprint density at radius 2 is 1.90 bits per heavy atom. The number of nitrogens with zero attached hydrogens (tertiary/aromatic N) is 2. The standard InChI is InChI=1S/C16H22N4O/c1-11(2)13-6-4-12(5-7-13)9-18-15-8-14(17)19-16(20-15)10-21-3/h4-8,11H,9-10H2,1-3H3,(H3,17,18,19,20). The number of methoxy groups -OCH3 is 1. The molecule has 0 amide bonds. The number of ether oxygens (including phenoxy) is 1. The van der Waals surface area contributed by atoms with Gasteiger partial charge in [-0.15, -0.1) is 0 Å². The maximum atomic E-state index is 5.77. The molecule has 0 atom stereocenters. The highest BCUT2D eigenvalue weighted by Gasteiger charge is 2.03. The fourth-order valence-electron chi connectivity index (χ4n) is 2.01. The van der Waals surface area contributed by atoms with Gasteiger partial charge in [-0.1, -0.05) is 38.1 Å². The van der Waals surface area contributed by atoms with E-state index in [1.54, 1.807) is 13.2 Å². The average Bonchev–Trinajstić information content (AvgIpc) is 2.45. The van der Waals surface area contributed by atoms with Crippen LogP contribution in [0.15, 0.2) is 30.3 Å². The van der Waals surface area contributed by atoms with Crippen molar-refractivity contribution >= 4 is 11.6 Å². The molecule has 0 bridgehead atoms. The highest BCUT2D eigenvalue weighted by Crippen LogP contribution is 2.16. The molecule has 5 nitrogen and oxygen atoms in total. The van der Waals surface area contributed by atoms with Gasteiger partial charge in [0.05, 0.1) is 0 Å². The summed E-state index contributed by atoms with van der Waals surface area (Å²) in [5, 5.41) is 3.26. The van der Waals surface area contributed by atoms with Gasteiger partial charge < -0.3 is 15.8 Å². The molecular weight excluding hydrogens is 264 g/mol. The summed E-state index contributed by atoms with van der Waals surface area (Å²) in [7, 11) is 1.61. The number of nitrogen functional groups attached to an aromatic ring is 1. The van der Waals surface area contributed by atoms with Crippen molar-refractivity contribution in [2.24, 2.45) is 0 Å². The topological polar surface area (TPSA) is 73.1 Å². The van der Waals surface area contributed by atoms with Crippen molar-refractivity contribution in [2.75, 3.05) is 18.2 Å². The van der Waals surface area contributed by atoms with Crippen LogP contribution in [0.2, 0.25) is 0 Å². The van der Waals surface area contributed by atoms with Crippen LogP contribution >= 0.6 is 0 Å². The first kappa shape index (κ1) is 15.3. The summed E-state index contributed by atoms with van der Waals surface area (Å²) in [4.78, 5) is 8.47. The Balaban J connectivity index is 2.02. The quantitative estimate of drug-likeness (QED) is 0.854. The van der Waals surface area contributed by atoms with Crippen LogP contribution in [0, 0.1) is 0 Å².